The minimum atomic E-state index is 0.150. The number of ether oxygens (including phenoxy) is 1. The van der Waals surface area contributed by atoms with E-state index >= 15 is 0 Å². The van der Waals surface area contributed by atoms with E-state index in [1.54, 1.807) is 22.7 Å². The van der Waals surface area contributed by atoms with Crippen LogP contribution in [0.3, 0.4) is 0 Å². The lowest BCUT2D eigenvalue weighted by molar-refractivity contribution is -0.131. The van der Waals surface area contributed by atoms with E-state index < -0.39 is 0 Å². The van der Waals surface area contributed by atoms with Gasteiger partial charge in [0.2, 0.25) is 5.91 Å². The molecule has 0 unspecified atom stereocenters. The second-order valence-corrected chi connectivity index (χ2v) is 8.04. The molecule has 3 aromatic rings. The maximum absolute atomic E-state index is 12.7. The molecule has 2 aromatic heterocycles. The Hall–Kier alpha value is -2.18. The van der Waals surface area contributed by atoms with Gasteiger partial charge >= 0.3 is 0 Å². The molecule has 134 valence electrons. The van der Waals surface area contributed by atoms with Crippen molar-refractivity contribution in [2.45, 2.75) is 26.3 Å². The van der Waals surface area contributed by atoms with Crippen LogP contribution in [0.5, 0.6) is 5.75 Å². The molecule has 0 saturated heterocycles. The molecule has 4 rings (SSSR count). The number of thiophene rings is 1. The van der Waals surface area contributed by atoms with E-state index in [9.17, 15) is 4.79 Å². The smallest absolute Gasteiger partial charge is 0.228 e. The topological polar surface area (TPSA) is 42.4 Å². The van der Waals surface area contributed by atoms with Crippen molar-refractivity contribution in [3.8, 4) is 16.3 Å². The minimum Gasteiger partial charge on any atom is -0.493 e. The number of rotatable bonds is 5. The van der Waals surface area contributed by atoms with Crippen LogP contribution in [0.2, 0.25) is 0 Å². The van der Waals surface area contributed by atoms with Crippen molar-refractivity contribution in [1.29, 1.82) is 0 Å². The van der Waals surface area contributed by atoms with Crippen molar-refractivity contribution in [2.24, 2.45) is 0 Å². The SMILES string of the molecule is CCOc1ccccc1-c1nc(CC(=O)N2CCc3sccc3C2)cs1. The first kappa shape index (κ1) is 17.2. The monoisotopic (exact) mass is 384 g/mol. The quantitative estimate of drug-likeness (QED) is 0.655. The molecule has 3 heterocycles. The maximum Gasteiger partial charge on any atom is 0.228 e. The maximum atomic E-state index is 12.7. The molecule has 0 atom stereocenters. The molecule has 0 aliphatic carbocycles. The molecule has 1 aliphatic rings. The number of amides is 1. The molecule has 0 N–H and O–H groups in total. The molecule has 0 saturated carbocycles. The fourth-order valence-electron chi connectivity index (χ4n) is 3.16. The number of hydrogen-bond donors (Lipinski definition) is 0. The normalized spacial score (nSPS) is 13.5. The lowest BCUT2D eigenvalue weighted by atomic mass is 10.1. The van der Waals surface area contributed by atoms with Crippen molar-refractivity contribution in [3.05, 3.63) is 57.2 Å². The first-order valence-electron chi connectivity index (χ1n) is 8.74. The molecule has 0 fully saturated rings. The predicted molar refractivity (Wildman–Crippen MR) is 106 cm³/mol. The van der Waals surface area contributed by atoms with Crippen LogP contribution in [0.25, 0.3) is 10.6 Å². The highest BCUT2D eigenvalue weighted by molar-refractivity contribution is 7.13. The van der Waals surface area contributed by atoms with Crippen molar-refractivity contribution < 1.29 is 9.53 Å². The summed E-state index contributed by atoms with van der Waals surface area (Å²) >= 11 is 3.35. The Morgan fingerprint density at radius 1 is 1.27 bits per heavy atom. The molecule has 0 bridgehead atoms. The molecular weight excluding hydrogens is 364 g/mol. The molecular formula is C20H20N2O2S2. The third-order valence-electron chi connectivity index (χ3n) is 4.46. The second kappa shape index (κ2) is 7.60. The van der Waals surface area contributed by atoms with Gasteiger partial charge in [0.25, 0.3) is 0 Å². The average molecular weight is 385 g/mol. The molecule has 0 spiro atoms. The summed E-state index contributed by atoms with van der Waals surface area (Å²) in [5.41, 5.74) is 3.11. The molecule has 1 aliphatic heterocycles. The summed E-state index contributed by atoms with van der Waals surface area (Å²) in [5, 5.41) is 4.99. The number of para-hydroxylation sites is 1. The zero-order chi connectivity index (χ0) is 17.9. The third kappa shape index (κ3) is 3.52. The van der Waals surface area contributed by atoms with Crippen molar-refractivity contribution >= 4 is 28.6 Å². The molecule has 0 radical (unpaired) electrons. The number of carbonyl (C=O) groups is 1. The first-order valence-corrected chi connectivity index (χ1v) is 10.5. The van der Waals surface area contributed by atoms with Gasteiger partial charge in [-0.25, -0.2) is 4.98 Å². The van der Waals surface area contributed by atoms with Gasteiger partial charge in [-0.15, -0.1) is 22.7 Å². The Balaban J connectivity index is 1.47. The number of nitrogens with zero attached hydrogens (tertiary/aromatic N) is 2. The highest BCUT2D eigenvalue weighted by atomic mass is 32.1. The summed E-state index contributed by atoms with van der Waals surface area (Å²) in [6, 6.07) is 10.0. The standard InChI is InChI=1S/C20H20N2O2S2/c1-2-24-17-6-4-3-5-16(17)20-21-15(13-26-20)11-19(23)22-9-7-18-14(12-22)8-10-25-18/h3-6,8,10,13H,2,7,9,11-12H2,1H3. The van der Waals surface area contributed by atoms with E-state index in [2.05, 4.69) is 16.4 Å². The van der Waals surface area contributed by atoms with Crippen LogP contribution in [-0.2, 0) is 24.2 Å². The summed E-state index contributed by atoms with van der Waals surface area (Å²) in [6.07, 6.45) is 1.32. The molecule has 1 amide bonds. The van der Waals surface area contributed by atoms with E-state index in [1.165, 1.54) is 10.4 Å². The fourth-order valence-corrected chi connectivity index (χ4v) is 4.90. The van der Waals surface area contributed by atoms with Crippen LogP contribution in [0.15, 0.2) is 41.1 Å². The van der Waals surface area contributed by atoms with Gasteiger partial charge in [0.15, 0.2) is 0 Å². The Morgan fingerprint density at radius 3 is 3.04 bits per heavy atom. The summed E-state index contributed by atoms with van der Waals surface area (Å²) in [6.45, 7) is 4.12. The van der Waals surface area contributed by atoms with Crippen LogP contribution in [-0.4, -0.2) is 28.9 Å². The van der Waals surface area contributed by atoms with E-state index in [1.807, 2.05) is 41.5 Å². The highest BCUT2D eigenvalue weighted by Gasteiger charge is 2.22. The largest absolute Gasteiger partial charge is 0.493 e. The Labute approximate surface area is 161 Å². The zero-order valence-corrected chi connectivity index (χ0v) is 16.2. The predicted octanol–water partition coefficient (Wildman–Crippen LogP) is 4.40. The van der Waals surface area contributed by atoms with Crippen molar-refractivity contribution in [2.75, 3.05) is 13.2 Å². The summed E-state index contributed by atoms with van der Waals surface area (Å²) in [5.74, 6) is 0.986. The van der Waals surface area contributed by atoms with Gasteiger partial charge in [-0.1, -0.05) is 12.1 Å². The number of hydrogen-bond acceptors (Lipinski definition) is 5. The minimum absolute atomic E-state index is 0.150. The lowest BCUT2D eigenvalue weighted by Gasteiger charge is -2.26. The second-order valence-electron chi connectivity index (χ2n) is 6.18. The fraction of sp³-hybridized carbons (Fsp3) is 0.300. The van der Waals surface area contributed by atoms with Crippen molar-refractivity contribution in [1.82, 2.24) is 9.88 Å². The van der Waals surface area contributed by atoms with Gasteiger partial charge in [-0.05, 0) is 42.5 Å². The zero-order valence-electron chi connectivity index (χ0n) is 14.6. The number of benzene rings is 1. The first-order chi connectivity index (χ1) is 12.7. The van der Waals surface area contributed by atoms with Crippen LogP contribution in [0, 0.1) is 0 Å². The van der Waals surface area contributed by atoms with Gasteiger partial charge in [0.1, 0.15) is 10.8 Å². The van der Waals surface area contributed by atoms with Crippen molar-refractivity contribution in [3.63, 3.8) is 0 Å². The Bertz CT molecular complexity index is 916. The third-order valence-corrected chi connectivity index (χ3v) is 6.41. The number of thiazole rings is 1. The highest BCUT2D eigenvalue weighted by Crippen LogP contribution is 2.32. The summed E-state index contributed by atoms with van der Waals surface area (Å²) in [4.78, 5) is 20.7. The molecule has 4 nitrogen and oxygen atoms in total. The van der Waals surface area contributed by atoms with Crippen LogP contribution in [0.1, 0.15) is 23.1 Å². The van der Waals surface area contributed by atoms with Crippen LogP contribution >= 0.6 is 22.7 Å². The summed E-state index contributed by atoms with van der Waals surface area (Å²) < 4.78 is 5.70. The number of carbonyl (C=O) groups excluding carboxylic acids is 1. The van der Waals surface area contributed by atoms with E-state index in [0.717, 1.165) is 41.5 Å². The van der Waals surface area contributed by atoms with Gasteiger partial charge in [0.05, 0.1) is 24.3 Å². The molecule has 1 aromatic carbocycles. The summed E-state index contributed by atoms with van der Waals surface area (Å²) in [7, 11) is 0. The van der Waals surface area contributed by atoms with Gasteiger partial charge in [-0.2, -0.15) is 0 Å². The molecule has 6 heteroatoms. The van der Waals surface area contributed by atoms with E-state index in [0.29, 0.717) is 13.0 Å². The Morgan fingerprint density at radius 2 is 2.15 bits per heavy atom. The molecule has 26 heavy (non-hydrogen) atoms. The van der Waals surface area contributed by atoms with E-state index in [-0.39, 0.29) is 5.91 Å². The van der Waals surface area contributed by atoms with Gasteiger partial charge in [-0.3, -0.25) is 4.79 Å². The number of fused-ring (bicyclic) bond motifs is 1. The van der Waals surface area contributed by atoms with Crippen LogP contribution in [0.4, 0.5) is 0 Å². The van der Waals surface area contributed by atoms with Crippen LogP contribution < -0.4 is 4.74 Å². The number of aromatic nitrogens is 1. The van der Waals surface area contributed by atoms with E-state index in [4.69, 9.17) is 4.74 Å². The van der Waals surface area contributed by atoms with Gasteiger partial charge in [0, 0.05) is 23.3 Å². The Kier molecular flexibility index (Phi) is 5.04. The van der Waals surface area contributed by atoms with Gasteiger partial charge < -0.3 is 9.64 Å². The lowest BCUT2D eigenvalue weighted by Crippen LogP contribution is -2.36. The average Bonchev–Trinajstić information content (AvgIpc) is 3.31.